The van der Waals surface area contributed by atoms with Crippen LogP contribution in [0.3, 0.4) is 0 Å². The smallest absolute Gasteiger partial charge is 0.408 e. The Hall–Kier alpha value is -4.53. The van der Waals surface area contributed by atoms with E-state index in [0.717, 1.165) is 5.56 Å². The van der Waals surface area contributed by atoms with Crippen molar-refractivity contribution < 1.29 is 29.3 Å². The molecule has 41 heavy (non-hydrogen) atoms. The fourth-order valence-corrected chi connectivity index (χ4v) is 4.62. The van der Waals surface area contributed by atoms with Crippen molar-refractivity contribution in [1.82, 2.24) is 10.2 Å². The third-order valence-corrected chi connectivity index (χ3v) is 6.72. The maximum atomic E-state index is 14.4. The molecule has 216 valence electrons. The molecular weight excluding hydrogens is 522 g/mol. The Labute approximate surface area is 240 Å². The van der Waals surface area contributed by atoms with Gasteiger partial charge in [0.05, 0.1) is 0 Å². The van der Waals surface area contributed by atoms with E-state index in [9.17, 15) is 24.6 Å². The molecule has 2 atom stereocenters. The van der Waals surface area contributed by atoms with E-state index in [-0.39, 0.29) is 29.5 Å². The average Bonchev–Trinajstić information content (AvgIpc) is 3.74. The summed E-state index contributed by atoms with van der Waals surface area (Å²) in [6.45, 7) is 7.05. The summed E-state index contributed by atoms with van der Waals surface area (Å²) in [6.07, 6.45) is 0.667. The third-order valence-electron chi connectivity index (χ3n) is 6.72. The van der Waals surface area contributed by atoms with Crippen LogP contribution in [-0.4, -0.2) is 50.7 Å². The van der Waals surface area contributed by atoms with Crippen molar-refractivity contribution in [1.29, 1.82) is 0 Å². The van der Waals surface area contributed by atoms with Crippen LogP contribution in [0.15, 0.2) is 72.8 Å². The van der Waals surface area contributed by atoms with Crippen molar-refractivity contribution in [3.63, 3.8) is 0 Å². The van der Waals surface area contributed by atoms with E-state index in [1.165, 1.54) is 23.1 Å². The SMILES string of the molecule is Cc1ccccc1NC(=O)C(c1ccccc1O)N(C(=O)C(Cc1ccc(O)cc1)NC(=O)OC(C)(C)C)C1CC1. The Bertz CT molecular complexity index is 1400. The number of phenolic OH excluding ortho intramolecular Hbond substituents is 2. The number of aromatic hydroxyl groups is 2. The number of benzene rings is 3. The number of carbonyl (C=O) groups excluding carboxylic acids is 3. The molecule has 3 amide bonds. The van der Waals surface area contributed by atoms with Gasteiger partial charge in [-0.25, -0.2) is 4.79 Å². The molecular formula is C32H37N3O6. The van der Waals surface area contributed by atoms with Crippen LogP contribution in [0.2, 0.25) is 0 Å². The highest BCUT2D eigenvalue weighted by Crippen LogP contribution is 2.39. The van der Waals surface area contributed by atoms with E-state index in [2.05, 4.69) is 10.6 Å². The van der Waals surface area contributed by atoms with Gasteiger partial charge in [0.2, 0.25) is 5.91 Å². The number of hydrogen-bond acceptors (Lipinski definition) is 6. The summed E-state index contributed by atoms with van der Waals surface area (Å²) in [5.74, 6) is -1.02. The first-order valence-corrected chi connectivity index (χ1v) is 13.7. The minimum absolute atomic E-state index is 0.0730. The Balaban J connectivity index is 1.73. The first-order chi connectivity index (χ1) is 19.4. The third kappa shape index (κ3) is 7.78. The molecule has 1 aliphatic carbocycles. The van der Waals surface area contributed by atoms with Gasteiger partial charge >= 0.3 is 6.09 Å². The van der Waals surface area contributed by atoms with Gasteiger partial charge in [-0.05, 0) is 75.9 Å². The second kappa shape index (κ2) is 12.3. The zero-order valence-electron chi connectivity index (χ0n) is 23.8. The molecule has 4 rings (SSSR count). The zero-order valence-corrected chi connectivity index (χ0v) is 23.8. The van der Waals surface area contributed by atoms with Crippen LogP contribution in [0.4, 0.5) is 10.5 Å². The Morgan fingerprint density at radius 2 is 1.59 bits per heavy atom. The topological polar surface area (TPSA) is 128 Å². The molecule has 1 fully saturated rings. The van der Waals surface area contributed by atoms with E-state index < -0.39 is 35.6 Å². The highest BCUT2D eigenvalue weighted by molar-refractivity contribution is 6.00. The molecule has 0 heterocycles. The number of phenols is 2. The quantitative estimate of drug-likeness (QED) is 0.285. The molecule has 4 N–H and O–H groups in total. The number of ether oxygens (including phenoxy) is 1. The maximum Gasteiger partial charge on any atom is 0.408 e. The summed E-state index contributed by atoms with van der Waals surface area (Å²) in [6, 6.07) is 17.6. The Morgan fingerprint density at radius 3 is 2.20 bits per heavy atom. The van der Waals surface area contributed by atoms with E-state index in [1.54, 1.807) is 63.2 Å². The summed E-state index contributed by atoms with van der Waals surface area (Å²) in [7, 11) is 0. The van der Waals surface area contributed by atoms with Crippen molar-refractivity contribution in [2.45, 2.75) is 70.7 Å². The number of rotatable bonds is 9. The van der Waals surface area contributed by atoms with Gasteiger partial charge in [-0.3, -0.25) is 9.59 Å². The number of para-hydroxylation sites is 2. The molecule has 9 heteroatoms. The first kappa shape index (κ1) is 29.5. The zero-order chi connectivity index (χ0) is 29.7. The average molecular weight is 560 g/mol. The fourth-order valence-electron chi connectivity index (χ4n) is 4.62. The molecule has 0 bridgehead atoms. The molecule has 9 nitrogen and oxygen atoms in total. The van der Waals surface area contributed by atoms with Gasteiger partial charge in [0, 0.05) is 23.7 Å². The Morgan fingerprint density at radius 1 is 0.951 bits per heavy atom. The highest BCUT2D eigenvalue weighted by Gasteiger charge is 2.45. The van der Waals surface area contributed by atoms with Crippen LogP contribution in [-0.2, 0) is 20.7 Å². The van der Waals surface area contributed by atoms with Crippen LogP contribution < -0.4 is 10.6 Å². The molecule has 0 radical (unpaired) electrons. The predicted octanol–water partition coefficient (Wildman–Crippen LogP) is 5.21. The number of nitrogens with one attached hydrogen (secondary N) is 2. The number of carbonyl (C=O) groups is 3. The van der Waals surface area contributed by atoms with Crippen LogP contribution in [0.5, 0.6) is 11.5 Å². The molecule has 3 aromatic rings. The summed E-state index contributed by atoms with van der Waals surface area (Å²) in [5, 5.41) is 26.2. The van der Waals surface area contributed by atoms with Crippen molar-refractivity contribution in [2.75, 3.05) is 5.32 Å². The van der Waals surface area contributed by atoms with Crippen molar-refractivity contribution in [2.24, 2.45) is 0 Å². The standard InChI is InChI=1S/C32H37N3O6/c1-20-9-5-7-11-25(20)33-29(38)28(24-10-6-8-12-27(24)37)35(22-15-16-22)30(39)26(34-31(40)41-32(2,3)4)19-21-13-17-23(36)18-14-21/h5-14,17-18,22,26,28,36-37H,15-16,19H2,1-4H3,(H,33,38)(H,34,40). The van der Waals surface area contributed by atoms with E-state index in [0.29, 0.717) is 24.1 Å². The molecule has 1 saturated carbocycles. The lowest BCUT2D eigenvalue weighted by molar-refractivity contribution is -0.141. The highest BCUT2D eigenvalue weighted by atomic mass is 16.6. The number of nitrogens with zero attached hydrogens (tertiary/aromatic N) is 1. The van der Waals surface area contributed by atoms with E-state index in [4.69, 9.17) is 4.74 Å². The minimum atomic E-state index is -1.17. The molecule has 0 aromatic heterocycles. The van der Waals surface area contributed by atoms with E-state index >= 15 is 0 Å². The maximum absolute atomic E-state index is 14.4. The van der Waals surface area contributed by atoms with Crippen LogP contribution >= 0.6 is 0 Å². The first-order valence-electron chi connectivity index (χ1n) is 13.7. The summed E-state index contributed by atoms with van der Waals surface area (Å²) in [4.78, 5) is 42.7. The summed E-state index contributed by atoms with van der Waals surface area (Å²) < 4.78 is 5.45. The van der Waals surface area contributed by atoms with Gasteiger partial charge in [0.25, 0.3) is 5.91 Å². The van der Waals surface area contributed by atoms with Crippen molar-refractivity contribution >= 4 is 23.6 Å². The molecule has 0 saturated heterocycles. The molecule has 0 aliphatic heterocycles. The summed E-state index contributed by atoms with van der Waals surface area (Å²) >= 11 is 0. The lowest BCUT2D eigenvalue weighted by atomic mass is 9.99. The van der Waals surface area contributed by atoms with Crippen molar-refractivity contribution in [3.8, 4) is 11.5 Å². The van der Waals surface area contributed by atoms with Gasteiger partial charge in [-0.2, -0.15) is 0 Å². The van der Waals surface area contributed by atoms with Crippen LogP contribution in [0.1, 0.15) is 56.3 Å². The molecule has 1 aliphatic rings. The number of aryl methyl sites for hydroxylation is 1. The lowest BCUT2D eigenvalue weighted by Crippen LogP contribution is -2.54. The van der Waals surface area contributed by atoms with Gasteiger partial charge in [0.1, 0.15) is 29.2 Å². The number of amides is 3. The van der Waals surface area contributed by atoms with Gasteiger partial charge in [-0.1, -0.05) is 48.5 Å². The number of hydrogen-bond donors (Lipinski definition) is 4. The number of alkyl carbamates (subject to hydrolysis) is 1. The number of anilines is 1. The molecule has 2 unspecified atom stereocenters. The molecule has 0 spiro atoms. The second-order valence-electron chi connectivity index (χ2n) is 11.3. The van der Waals surface area contributed by atoms with Crippen LogP contribution in [0, 0.1) is 6.92 Å². The van der Waals surface area contributed by atoms with Crippen molar-refractivity contribution in [3.05, 3.63) is 89.5 Å². The fraction of sp³-hybridized carbons (Fsp3) is 0.344. The van der Waals surface area contributed by atoms with Crippen LogP contribution in [0.25, 0.3) is 0 Å². The van der Waals surface area contributed by atoms with Gasteiger partial charge < -0.3 is 30.5 Å². The van der Waals surface area contributed by atoms with Gasteiger partial charge in [-0.15, -0.1) is 0 Å². The monoisotopic (exact) mass is 559 g/mol. The second-order valence-corrected chi connectivity index (χ2v) is 11.3. The predicted molar refractivity (Wildman–Crippen MR) is 155 cm³/mol. The summed E-state index contributed by atoms with van der Waals surface area (Å²) in [5.41, 5.74) is 1.61. The Kier molecular flexibility index (Phi) is 8.86. The largest absolute Gasteiger partial charge is 0.508 e. The van der Waals surface area contributed by atoms with Gasteiger partial charge in [0.15, 0.2) is 0 Å². The minimum Gasteiger partial charge on any atom is -0.508 e. The van der Waals surface area contributed by atoms with E-state index in [1.807, 2.05) is 19.1 Å². The lowest BCUT2D eigenvalue weighted by Gasteiger charge is -2.35. The normalized spacial score (nSPS) is 14.4. The molecule has 3 aromatic carbocycles.